The van der Waals surface area contributed by atoms with Crippen LogP contribution >= 0.6 is 0 Å². The molecule has 2 aromatic carbocycles. The van der Waals surface area contributed by atoms with Crippen molar-refractivity contribution < 1.29 is 42.5 Å². The minimum Gasteiger partial charge on any atom is -0.744 e. The van der Waals surface area contributed by atoms with E-state index in [2.05, 4.69) is 38.1 Å². The van der Waals surface area contributed by atoms with Gasteiger partial charge in [-0.1, -0.05) is 60.5 Å². The van der Waals surface area contributed by atoms with Gasteiger partial charge in [-0.15, -0.1) is 0 Å². The van der Waals surface area contributed by atoms with Crippen LogP contribution in [0.1, 0.15) is 24.1 Å². The van der Waals surface area contributed by atoms with Crippen LogP contribution in [0.5, 0.6) is 0 Å². The molecule has 0 saturated heterocycles. The first-order chi connectivity index (χ1) is 8.79. The molecular formula is C16H21NaO3S. The van der Waals surface area contributed by atoms with Crippen LogP contribution < -0.4 is 29.6 Å². The molecule has 2 aromatic rings. The van der Waals surface area contributed by atoms with Crippen LogP contribution in [0, 0.1) is 20.8 Å². The summed E-state index contributed by atoms with van der Waals surface area (Å²) in [4.78, 5) is -0.178. The summed E-state index contributed by atoms with van der Waals surface area (Å²) >= 11 is 0. The summed E-state index contributed by atoms with van der Waals surface area (Å²) in [7, 11) is -4.27. The van der Waals surface area contributed by atoms with Crippen molar-refractivity contribution in [2.24, 2.45) is 0 Å². The van der Waals surface area contributed by atoms with E-state index in [1.54, 1.807) is 12.1 Å². The summed E-state index contributed by atoms with van der Waals surface area (Å²) in [5.41, 5.74) is 3.59. The molecule has 3 nitrogen and oxygen atoms in total. The summed E-state index contributed by atoms with van der Waals surface area (Å²) in [5.74, 6) is 0. The minimum absolute atomic E-state index is 0. The smallest absolute Gasteiger partial charge is 0.744 e. The molecule has 0 atom stereocenters. The molecule has 2 rings (SSSR count). The number of hydrogen-bond acceptors (Lipinski definition) is 3. The predicted octanol–water partition coefficient (Wildman–Crippen LogP) is 0.843. The topological polar surface area (TPSA) is 57.2 Å². The molecule has 0 unspecified atom stereocenters. The fourth-order valence-corrected chi connectivity index (χ4v) is 1.81. The van der Waals surface area contributed by atoms with Crippen molar-refractivity contribution in [1.82, 2.24) is 0 Å². The Morgan fingerprint density at radius 3 is 1.19 bits per heavy atom. The van der Waals surface area contributed by atoms with Crippen molar-refractivity contribution >= 4 is 10.1 Å². The third-order valence-corrected chi connectivity index (χ3v) is 3.38. The van der Waals surface area contributed by atoms with E-state index in [9.17, 15) is 13.0 Å². The van der Waals surface area contributed by atoms with Crippen molar-refractivity contribution in [1.29, 1.82) is 0 Å². The molecule has 0 aliphatic rings. The summed E-state index contributed by atoms with van der Waals surface area (Å²) in [6.07, 6.45) is 0. The van der Waals surface area contributed by atoms with Crippen LogP contribution in [-0.4, -0.2) is 13.0 Å². The van der Waals surface area contributed by atoms with E-state index in [1.165, 1.54) is 23.3 Å². The van der Waals surface area contributed by atoms with Gasteiger partial charge in [0.2, 0.25) is 0 Å². The molecule has 0 heterocycles. The van der Waals surface area contributed by atoms with Gasteiger partial charge in [0.1, 0.15) is 10.1 Å². The third-order valence-electron chi connectivity index (χ3n) is 2.53. The van der Waals surface area contributed by atoms with Gasteiger partial charge in [0.15, 0.2) is 0 Å². The molecule has 0 saturated carbocycles. The first kappa shape index (κ1) is 22.6. The van der Waals surface area contributed by atoms with E-state index < -0.39 is 10.1 Å². The van der Waals surface area contributed by atoms with Crippen LogP contribution in [0.3, 0.4) is 0 Å². The summed E-state index contributed by atoms with van der Waals surface area (Å²) in [6, 6.07) is 14.3. The molecule has 110 valence electrons. The Kier molecular flexibility index (Phi) is 10.9. The molecule has 0 aliphatic heterocycles. The first-order valence-corrected chi connectivity index (χ1v) is 7.26. The summed E-state index contributed by atoms with van der Waals surface area (Å²) in [6.45, 7) is 6.01. The number of rotatable bonds is 1. The van der Waals surface area contributed by atoms with E-state index >= 15 is 0 Å². The minimum atomic E-state index is -4.27. The second kappa shape index (κ2) is 10.1. The van der Waals surface area contributed by atoms with Crippen molar-refractivity contribution in [2.45, 2.75) is 33.1 Å². The second-order valence-corrected chi connectivity index (χ2v) is 5.80. The summed E-state index contributed by atoms with van der Waals surface area (Å²) in [5, 5.41) is 0. The van der Waals surface area contributed by atoms with E-state index in [1.807, 2.05) is 6.92 Å². The zero-order valence-corrected chi connectivity index (χ0v) is 15.1. The maximum absolute atomic E-state index is 10.4. The van der Waals surface area contributed by atoms with Gasteiger partial charge < -0.3 is 4.55 Å². The number of aryl methyl sites for hydroxylation is 3. The van der Waals surface area contributed by atoms with Crippen LogP contribution in [-0.2, 0) is 10.1 Å². The molecule has 0 fully saturated rings. The van der Waals surface area contributed by atoms with Crippen LogP contribution in [0.4, 0.5) is 0 Å². The van der Waals surface area contributed by atoms with Gasteiger partial charge in [0.25, 0.3) is 0 Å². The Morgan fingerprint density at radius 1 is 0.714 bits per heavy atom. The van der Waals surface area contributed by atoms with Gasteiger partial charge in [-0.25, -0.2) is 8.42 Å². The maximum atomic E-state index is 10.4. The van der Waals surface area contributed by atoms with Gasteiger partial charge in [-0.2, -0.15) is 0 Å². The third kappa shape index (κ3) is 9.06. The number of hydrogen-bond donors (Lipinski definition) is 0. The molecule has 0 radical (unpaired) electrons. The van der Waals surface area contributed by atoms with Crippen molar-refractivity contribution in [3.05, 3.63) is 65.2 Å². The Labute approximate surface area is 150 Å². The Hall–Kier alpha value is -0.650. The van der Waals surface area contributed by atoms with Crippen LogP contribution in [0.2, 0.25) is 0 Å². The van der Waals surface area contributed by atoms with Gasteiger partial charge >= 0.3 is 29.6 Å². The molecule has 0 amide bonds. The fourth-order valence-electron chi connectivity index (χ4n) is 1.34. The van der Waals surface area contributed by atoms with Gasteiger partial charge in [-0.3, -0.25) is 0 Å². The quantitative estimate of drug-likeness (QED) is 0.579. The largest absolute Gasteiger partial charge is 1.00 e. The van der Waals surface area contributed by atoms with E-state index in [-0.39, 0.29) is 41.9 Å². The molecule has 21 heavy (non-hydrogen) atoms. The van der Waals surface area contributed by atoms with Gasteiger partial charge in [-0.05, 0) is 32.9 Å². The standard InChI is InChI=1S/C8H10.C7H8O3S.CH4.Na/c1-7-3-5-8(2)6-4-7;1-6-2-4-7(5-3-6)11(8,9)10;;/h3-6H,1-2H3;2-5H,1H3,(H,8,9,10);1H4;/q;;;+1/p-1. The Bertz CT molecular complexity index is 597. The monoisotopic (exact) mass is 316 g/mol. The molecule has 0 aliphatic carbocycles. The normalized spacial score (nSPS) is 9.52. The van der Waals surface area contributed by atoms with Gasteiger partial charge in [0, 0.05) is 0 Å². The van der Waals surface area contributed by atoms with Crippen LogP contribution in [0.15, 0.2) is 53.4 Å². The molecule has 0 bridgehead atoms. The van der Waals surface area contributed by atoms with E-state index in [0.29, 0.717) is 0 Å². The van der Waals surface area contributed by atoms with Crippen molar-refractivity contribution in [2.75, 3.05) is 0 Å². The van der Waals surface area contributed by atoms with Gasteiger partial charge in [0.05, 0.1) is 4.90 Å². The van der Waals surface area contributed by atoms with Crippen molar-refractivity contribution in [3.8, 4) is 0 Å². The van der Waals surface area contributed by atoms with E-state index in [4.69, 9.17) is 0 Å². The average molecular weight is 316 g/mol. The average Bonchev–Trinajstić information content (AvgIpc) is 2.33. The zero-order valence-electron chi connectivity index (χ0n) is 12.3. The maximum Gasteiger partial charge on any atom is 1.00 e. The molecule has 0 aromatic heterocycles. The Balaban J connectivity index is 0. The first-order valence-electron chi connectivity index (χ1n) is 5.85. The molecule has 0 N–H and O–H groups in total. The zero-order chi connectivity index (χ0) is 14.5. The van der Waals surface area contributed by atoms with Crippen LogP contribution in [0.25, 0.3) is 0 Å². The predicted molar refractivity (Wildman–Crippen MR) is 81.8 cm³/mol. The fraction of sp³-hybridized carbons (Fsp3) is 0.250. The molecular weight excluding hydrogens is 295 g/mol. The number of benzene rings is 2. The molecule has 0 spiro atoms. The SMILES string of the molecule is C.Cc1ccc(C)cc1.Cc1ccc(S(=O)(=O)[O-])cc1.[Na+]. The molecule has 5 heteroatoms. The second-order valence-electron chi connectivity index (χ2n) is 4.42. The Morgan fingerprint density at radius 2 is 0.952 bits per heavy atom. The van der Waals surface area contributed by atoms with Crippen molar-refractivity contribution in [3.63, 3.8) is 0 Å². The summed E-state index contributed by atoms with van der Waals surface area (Å²) < 4.78 is 31.2. The van der Waals surface area contributed by atoms with E-state index in [0.717, 1.165) is 5.56 Å².